The summed E-state index contributed by atoms with van der Waals surface area (Å²) in [6, 6.07) is 10.8. The second-order valence-electron chi connectivity index (χ2n) is 6.78. The number of amides is 1. The summed E-state index contributed by atoms with van der Waals surface area (Å²) in [5, 5.41) is 5.26. The molecular formula is C19H24ClN3O3S2. The first-order valence-corrected chi connectivity index (χ1v) is 11.8. The van der Waals surface area contributed by atoms with Gasteiger partial charge >= 0.3 is 0 Å². The van der Waals surface area contributed by atoms with E-state index in [1.165, 1.54) is 13.1 Å². The van der Waals surface area contributed by atoms with Gasteiger partial charge in [-0.1, -0.05) is 35.9 Å². The van der Waals surface area contributed by atoms with Crippen molar-refractivity contribution in [2.24, 2.45) is 0 Å². The van der Waals surface area contributed by atoms with Gasteiger partial charge in [-0.15, -0.1) is 11.3 Å². The molecule has 0 bridgehead atoms. The fourth-order valence-corrected chi connectivity index (χ4v) is 5.94. The Kier molecular flexibility index (Phi) is 7.11. The molecule has 1 aliphatic rings. The van der Waals surface area contributed by atoms with Gasteiger partial charge < -0.3 is 5.32 Å². The van der Waals surface area contributed by atoms with Gasteiger partial charge in [0, 0.05) is 18.6 Å². The van der Waals surface area contributed by atoms with Gasteiger partial charge in [0.05, 0.1) is 12.6 Å². The van der Waals surface area contributed by atoms with Crippen LogP contribution in [0.5, 0.6) is 0 Å². The number of hydrogen-bond donors (Lipinski definition) is 1. The topological polar surface area (TPSA) is 69.7 Å². The van der Waals surface area contributed by atoms with Gasteiger partial charge in [0.2, 0.25) is 5.91 Å². The Hall–Kier alpha value is -1.45. The van der Waals surface area contributed by atoms with E-state index in [0.717, 1.165) is 47.1 Å². The molecule has 0 aliphatic carbocycles. The van der Waals surface area contributed by atoms with E-state index in [-0.39, 0.29) is 22.7 Å². The molecule has 9 heteroatoms. The first kappa shape index (κ1) is 21.3. The van der Waals surface area contributed by atoms with Crippen LogP contribution in [0.15, 0.2) is 46.0 Å². The molecule has 1 amide bonds. The molecule has 1 atom stereocenters. The van der Waals surface area contributed by atoms with Gasteiger partial charge in [0.1, 0.15) is 4.21 Å². The van der Waals surface area contributed by atoms with Crippen LogP contribution in [0.4, 0.5) is 0 Å². The third-order valence-electron chi connectivity index (χ3n) is 4.86. The predicted octanol–water partition coefficient (Wildman–Crippen LogP) is 2.98. The average Bonchev–Trinajstić information content (AvgIpc) is 3.37. The Morgan fingerprint density at radius 2 is 1.96 bits per heavy atom. The molecule has 6 nitrogen and oxygen atoms in total. The van der Waals surface area contributed by atoms with E-state index in [1.807, 2.05) is 24.3 Å². The normalized spacial score (nSPS) is 16.4. The highest BCUT2D eigenvalue weighted by molar-refractivity contribution is 7.91. The van der Waals surface area contributed by atoms with Crippen LogP contribution in [0.1, 0.15) is 24.4 Å². The third kappa shape index (κ3) is 4.93. The lowest BCUT2D eigenvalue weighted by Gasteiger charge is -2.29. The molecule has 1 unspecified atom stereocenters. The minimum atomic E-state index is -3.64. The summed E-state index contributed by atoms with van der Waals surface area (Å²) in [5.74, 6) is -0.334. The molecular weight excluding hydrogens is 418 g/mol. The van der Waals surface area contributed by atoms with Gasteiger partial charge in [-0.25, -0.2) is 8.42 Å². The van der Waals surface area contributed by atoms with Crippen LogP contribution < -0.4 is 5.32 Å². The number of nitrogens with zero attached hydrogens (tertiary/aromatic N) is 2. The zero-order valence-electron chi connectivity index (χ0n) is 15.7. The van der Waals surface area contributed by atoms with Crippen molar-refractivity contribution in [2.75, 3.05) is 33.2 Å². The van der Waals surface area contributed by atoms with Crippen molar-refractivity contribution in [3.63, 3.8) is 0 Å². The van der Waals surface area contributed by atoms with E-state index < -0.39 is 10.0 Å². The molecule has 3 rings (SSSR count). The van der Waals surface area contributed by atoms with Crippen LogP contribution in [0.25, 0.3) is 0 Å². The van der Waals surface area contributed by atoms with E-state index in [4.69, 9.17) is 11.6 Å². The number of halogens is 1. The minimum Gasteiger partial charge on any atom is -0.353 e. The van der Waals surface area contributed by atoms with Crippen molar-refractivity contribution >= 4 is 38.9 Å². The predicted molar refractivity (Wildman–Crippen MR) is 112 cm³/mol. The van der Waals surface area contributed by atoms with Gasteiger partial charge in [-0.3, -0.25) is 9.69 Å². The smallest absolute Gasteiger partial charge is 0.252 e. The summed E-state index contributed by atoms with van der Waals surface area (Å²) in [6.07, 6.45) is 2.24. The molecule has 2 aromatic rings. The standard InChI is InChI=1S/C19H24ClN3O3S2/c1-22(28(25,26)19-9-6-12-27-19)14-18(24)21-13-17(23-10-4-5-11-23)15-7-2-3-8-16(15)20/h2-3,6-9,12,17H,4-5,10-11,13-14H2,1H3,(H,21,24). The molecule has 1 aliphatic heterocycles. The zero-order chi connectivity index (χ0) is 20.1. The maximum Gasteiger partial charge on any atom is 0.252 e. The summed E-state index contributed by atoms with van der Waals surface area (Å²) in [6.45, 7) is 2.07. The van der Waals surface area contributed by atoms with Crippen LogP contribution in [-0.4, -0.2) is 56.8 Å². The minimum absolute atomic E-state index is 0.0284. The fourth-order valence-electron chi connectivity index (χ4n) is 3.35. The first-order valence-electron chi connectivity index (χ1n) is 9.14. The zero-order valence-corrected chi connectivity index (χ0v) is 18.1. The number of likely N-dealkylation sites (N-methyl/N-ethyl adjacent to an activating group) is 1. The summed E-state index contributed by atoms with van der Waals surface area (Å²) in [4.78, 5) is 14.8. The lowest BCUT2D eigenvalue weighted by Crippen LogP contribution is -2.42. The molecule has 1 aromatic carbocycles. The largest absolute Gasteiger partial charge is 0.353 e. The van der Waals surface area contributed by atoms with Crippen molar-refractivity contribution in [1.29, 1.82) is 0 Å². The van der Waals surface area contributed by atoms with Gasteiger partial charge in [0.15, 0.2) is 0 Å². The number of thiophene rings is 1. The highest BCUT2D eigenvalue weighted by Gasteiger charge is 2.27. The molecule has 1 fully saturated rings. The lowest BCUT2D eigenvalue weighted by atomic mass is 10.1. The van der Waals surface area contributed by atoms with Crippen molar-refractivity contribution in [3.05, 3.63) is 52.4 Å². The summed E-state index contributed by atoms with van der Waals surface area (Å²) in [5.41, 5.74) is 0.978. The highest BCUT2D eigenvalue weighted by atomic mass is 35.5. The van der Waals surface area contributed by atoms with Gasteiger partial charge in [-0.05, 0) is 49.0 Å². The van der Waals surface area contributed by atoms with Crippen molar-refractivity contribution in [2.45, 2.75) is 23.1 Å². The molecule has 2 heterocycles. The molecule has 1 N–H and O–H groups in total. The third-order valence-corrected chi connectivity index (χ3v) is 8.38. The number of carbonyl (C=O) groups is 1. The second kappa shape index (κ2) is 9.37. The molecule has 1 saturated heterocycles. The van der Waals surface area contributed by atoms with E-state index in [2.05, 4.69) is 10.2 Å². The van der Waals surface area contributed by atoms with E-state index >= 15 is 0 Å². The lowest BCUT2D eigenvalue weighted by molar-refractivity contribution is -0.121. The van der Waals surface area contributed by atoms with E-state index in [0.29, 0.717) is 11.6 Å². The number of rotatable bonds is 8. The van der Waals surface area contributed by atoms with Crippen LogP contribution in [0.2, 0.25) is 5.02 Å². The van der Waals surface area contributed by atoms with Crippen LogP contribution >= 0.6 is 22.9 Å². The Labute approximate surface area is 175 Å². The number of hydrogen-bond acceptors (Lipinski definition) is 5. The van der Waals surface area contributed by atoms with Gasteiger partial charge in [0.25, 0.3) is 10.0 Å². The van der Waals surface area contributed by atoms with Crippen LogP contribution in [-0.2, 0) is 14.8 Å². The number of nitrogens with one attached hydrogen (secondary N) is 1. The van der Waals surface area contributed by atoms with Crippen molar-refractivity contribution in [3.8, 4) is 0 Å². The average molecular weight is 442 g/mol. The summed E-state index contributed by atoms with van der Waals surface area (Å²) < 4.78 is 26.3. The maximum atomic E-state index is 12.5. The summed E-state index contributed by atoms with van der Waals surface area (Å²) >= 11 is 7.52. The Balaban J connectivity index is 1.64. The van der Waals surface area contributed by atoms with Crippen LogP contribution in [0.3, 0.4) is 0 Å². The Morgan fingerprint density at radius 3 is 2.61 bits per heavy atom. The van der Waals surface area contributed by atoms with Gasteiger partial charge in [-0.2, -0.15) is 4.31 Å². The number of sulfonamides is 1. The number of carbonyl (C=O) groups excluding carboxylic acids is 1. The molecule has 152 valence electrons. The highest BCUT2D eigenvalue weighted by Crippen LogP contribution is 2.29. The van der Waals surface area contributed by atoms with Crippen molar-refractivity contribution < 1.29 is 13.2 Å². The number of likely N-dealkylation sites (tertiary alicyclic amines) is 1. The number of benzene rings is 1. The molecule has 1 aromatic heterocycles. The Morgan fingerprint density at radius 1 is 1.25 bits per heavy atom. The van der Waals surface area contributed by atoms with Crippen molar-refractivity contribution in [1.82, 2.24) is 14.5 Å². The molecule has 0 saturated carbocycles. The second-order valence-corrected chi connectivity index (χ2v) is 10.4. The molecule has 0 spiro atoms. The fraction of sp³-hybridized carbons (Fsp3) is 0.421. The van der Waals surface area contributed by atoms with E-state index in [9.17, 15) is 13.2 Å². The quantitative estimate of drug-likeness (QED) is 0.683. The summed E-state index contributed by atoms with van der Waals surface area (Å²) in [7, 11) is -2.23. The Bertz CT molecular complexity index is 897. The SMILES string of the molecule is CN(CC(=O)NCC(c1ccccc1Cl)N1CCCC1)S(=O)(=O)c1cccs1. The monoisotopic (exact) mass is 441 g/mol. The van der Waals surface area contributed by atoms with Crippen LogP contribution in [0, 0.1) is 0 Å². The molecule has 0 radical (unpaired) electrons. The molecule has 28 heavy (non-hydrogen) atoms. The maximum absolute atomic E-state index is 12.5. The first-order chi connectivity index (χ1) is 13.4. The van der Waals surface area contributed by atoms with E-state index in [1.54, 1.807) is 11.4 Å².